The Hall–Kier alpha value is -1.69. The van der Waals surface area contributed by atoms with Gasteiger partial charge >= 0.3 is 0 Å². The van der Waals surface area contributed by atoms with Gasteiger partial charge in [-0.1, -0.05) is 23.7 Å². The number of primary amides is 1. The summed E-state index contributed by atoms with van der Waals surface area (Å²) < 4.78 is 0.962. The number of carbonyl (C=O) groups excluding carboxylic acids is 2. The number of hydrogen-bond donors (Lipinski definition) is 1. The van der Waals surface area contributed by atoms with Crippen molar-refractivity contribution in [1.29, 1.82) is 0 Å². The molecule has 1 aliphatic rings. The first kappa shape index (κ1) is 20.1. The zero-order valence-electron chi connectivity index (χ0n) is 15.9. The van der Waals surface area contributed by atoms with Crippen LogP contribution < -0.4 is 5.73 Å². The van der Waals surface area contributed by atoms with Gasteiger partial charge in [0.05, 0.1) is 30.6 Å². The molecule has 3 rings (SSSR count). The molecule has 2 heterocycles. The van der Waals surface area contributed by atoms with Crippen LogP contribution in [0.25, 0.3) is 0 Å². The van der Waals surface area contributed by atoms with E-state index >= 15 is 0 Å². The second kappa shape index (κ2) is 8.13. The van der Waals surface area contributed by atoms with Gasteiger partial charge in [0, 0.05) is 29.2 Å². The Morgan fingerprint density at radius 3 is 2.56 bits per heavy atom. The van der Waals surface area contributed by atoms with Crippen molar-refractivity contribution in [3.63, 3.8) is 0 Å². The molecule has 1 aromatic heterocycles. The fraction of sp³-hybridized carbons (Fsp3) is 0.429. The molecule has 27 heavy (non-hydrogen) atoms. The van der Waals surface area contributed by atoms with Crippen LogP contribution in [0.5, 0.6) is 0 Å². The number of carbonyl (C=O) groups is 2. The summed E-state index contributed by atoms with van der Waals surface area (Å²) in [4.78, 5) is 26.8. The molecule has 6 heteroatoms. The maximum absolute atomic E-state index is 12.6. The van der Waals surface area contributed by atoms with Gasteiger partial charge in [0.25, 0.3) is 0 Å². The second-order valence-corrected chi connectivity index (χ2v) is 9.23. The molecule has 0 aliphatic carbocycles. The number of rotatable bonds is 6. The fourth-order valence-corrected chi connectivity index (χ4v) is 5.46. The van der Waals surface area contributed by atoms with Gasteiger partial charge in [-0.25, -0.2) is 0 Å². The molecule has 1 amide bonds. The molecule has 0 saturated heterocycles. The maximum atomic E-state index is 12.6. The van der Waals surface area contributed by atoms with Crippen LogP contribution >= 0.6 is 22.9 Å². The van der Waals surface area contributed by atoms with Crippen molar-refractivity contribution in [2.24, 2.45) is 5.73 Å². The van der Waals surface area contributed by atoms with E-state index in [1.165, 1.54) is 4.88 Å². The lowest BCUT2D eigenvalue weighted by Gasteiger charge is -2.31. The van der Waals surface area contributed by atoms with E-state index in [0.717, 1.165) is 53.0 Å². The molecule has 0 bridgehead atoms. The Morgan fingerprint density at radius 1 is 1.22 bits per heavy atom. The molecule has 144 valence electrons. The van der Waals surface area contributed by atoms with Gasteiger partial charge in [-0.15, -0.1) is 11.3 Å². The number of ketones is 1. The number of amides is 1. The van der Waals surface area contributed by atoms with Crippen molar-refractivity contribution < 1.29 is 14.1 Å². The average molecular weight is 406 g/mol. The van der Waals surface area contributed by atoms with Crippen molar-refractivity contribution >= 4 is 34.6 Å². The largest absolute Gasteiger partial charge is 0.366 e. The smallest absolute Gasteiger partial charge is 0.250 e. The Morgan fingerprint density at radius 2 is 1.93 bits per heavy atom. The minimum absolute atomic E-state index is 0.0870. The standard InChI is InChI=1S/C21H25ClN2O2S/c1-3-24(2)10-4-5-17-19(13-24)27-18(20(17)21(23)26)12-16(25)11-14-6-8-15(22)9-7-14/h6-9H,3-5,10-13H2,1-2H3,(H-,23,26)/p+1. The summed E-state index contributed by atoms with van der Waals surface area (Å²) in [5, 5.41) is 0.654. The molecular weight excluding hydrogens is 380 g/mol. The zero-order valence-corrected chi connectivity index (χ0v) is 17.5. The molecule has 1 unspecified atom stereocenters. The van der Waals surface area contributed by atoms with Gasteiger partial charge in [0.2, 0.25) is 5.91 Å². The summed E-state index contributed by atoms with van der Waals surface area (Å²) in [6.45, 7) is 5.25. The number of halogens is 1. The summed E-state index contributed by atoms with van der Waals surface area (Å²) in [5.41, 5.74) is 8.33. The predicted octanol–water partition coefficient (Wildman–Crippen LogP) is 3.77. The number of nitrogens with zero attached hydrogens (tertiary/aromatic N) is 1. The third-order valence-electron chi connectivity index (χ3n) is 5.50. The van der Waals surface area contributed by atoms with Crippen molar-refractivity contribution in [2.45, 2.75) is 39.2 Å². The van der Waals surface area contributed by atoms with Crippen molar-refractivity contribution in [3.8, 4) is 0 Å². The van der Waals surface area contributed by atoms with Crippen LogP contribution in [0.3, 0.4) is 0 Å². The van der Waals surface area contributed by atoms with Gasteiger partial charge in [-0.2, -0.15) is 0 Å². The van der Waals surface area contributed by atoms with E-state index < -0.39 is 5.91 Å². The first-order valence-corrected chi connectivity index (χ1v) is 10.5. The van der Waals surface area contributed by atoms with Gasteiger partial charge < -0.3 is 10.2 Å². The van der Waals surface area contributed by atoms with E-state index in [0.29, 0.717) is 17.0 Å². The van der Waals surface area contributed by atoms with Crippen molar-refractivity contribution in [2.75, 3.05) is 20.1 Å². The first-order valence-electron chi connectivity index (χ1n) is 9.34. The average Bonchev–Trinajstić information content (AvgIpc) is 2.84. The van der Waals surface area contributed by atoms with E-state index in [1.54, 1.807) is 23.5 Å². The number of thiophene rings is 1. The van der Waals surface area contributed by atoms with Crippen LogP contribution in [-0.2, 0) is 30.6 Å². The quantitative estimate of drug-likeness (QED) is 0.743. The minimum Gasteiger partial charge on any atom is -0.366 e. The third-order valence-corrected chi connectivity index (χ3v) is 6.96. The zero-order chi connectivity index (χ0) is 19.6. The van der Waals surface area contributed by atoms with Gasteiger partial charge in [-0.05, 0) is 36.6 Å². The number of Topliss-reactive ketones (excluding diaryl/α,β-unsaturated/α-hetero) is 1. The molecule has 4 nitrogen and oxygen atoms in total. The summed E-state index contributed by atoms with van der Waals surface area (Å²) >= 11 is 7.51. The van der Waals surface area contributed by atoms with E-state index in [4.69, 9.17) is 17.3 Å². The summed E-state index contributed by atoms with van der Waals surface area (Å²) in [6, 6.07) is 7.30. The fourth-order valence-electron chi connectivity index (χ4n) is 3.78. The molecule has 2 N–H and O–H groups in total. The van der Waals surface area contributed by atoms with Crippen molar-refractivity contribution in [1.82, 2.24) is 0 Å². The van der Waals surface area contributed by atoms with Crippen LogP contribution in [-0.4, -0.2) is 36.3 Å². The van der Waals surface area contributed by atoms with E-state index in [9.17, 15) is 9.59 Å². The Labute approximate surface area is 169 Å². The number of hydrogen-bond acceptors (Lipinski definition) is 3. The van der Waals surface area contributed by atoms with Crippen molar-refractivity contribution in [3.05, 3.63) is 55.7 Å². The normalized spacial score (nSPS) is 19.4. The Balaban J connectivity index is 1.85. The number of benzene rings is 1. The molecule has 0 radical (unpaired) electrons. The topological polar surface area (TPSA) is 60.2 Å². The minimum atomic E-state index is -0.408. The maximum Gasteiger partial charge on any atom is 0.250 e. The highest BCUT2D eigenvalue weighted by Gasteiger charge is 2.31. The molecule has 1 aliphatic heterocycles. The lowest BCUT2D eigenvalue weighted by molar-refractivity contribution is -0.920. The monoisotopic (exact) mass is 405 g/mol. The highest BCUT2D eigenvalue weighted by molar-refractivity contribution is 7.12. The number of quaternary nitrogens is 1. The molecule has 1 aromatic carbocycles. The molecule has 2 aromatic rings. The van der Waals surface area contributed by atoms with Crippen LogP contribution in [0.1, 0.15) is 44.6 Å². The molecule has 0 spiro atoms. The second-order valence-electron chi connectivity index (χ2n) is 7.61. The van der Waals surface area contributed by atoms with E-state index in [2.05, 4.69) is 14.0 Å². The lowest BCUT2D eigenvalue weighted by atomic mass is 10.00. The van der Waals surface area contributed by atoms with Crippen LogP contribution in [0, 0.1) is 0 Å². The molecule has 0 fully saturated rings. The van der Waals surface area contributed by atoms with Gasteiger partial charge in [0.1, 0.15) is 12.3 Å². The SMILES string of the molecule is CC[N+]1(C)CCCc2c(sc(CC(=O)Cc3ccc(Cl)cc3)c2C(N)=O)C1. The Kier molecular flexibility index (Phi) is 6.04. The van der Waals surface area contributed by atoms with E-state index in [-0.39, 0.29) is 12.2 Å². The van der Waals surface area contributed by atoms with Crippen LogP contribution in [0.4, 0.5) is 0 Å². The highest BCUT2D eigenvalue weighted by atomic mass is 35.5. The first-order chi connectivity index (χ1) is 12.8. The van der Waals surface area contributed by atoms with Gasteiger partial charge in [0.15, 0.2) is 0 Å². The molecular formula is C21H26ClN2O2S+. The molecule has 1 atom stereocenters. The summed E-state index contributed by atoms with van der Waals surface area (Å²) in [5.74, 6) is -0.321. The lowest BCUT2D eigenvalue weighted by Crippen LogP contribution is -2.42. The Bertz CT molecular complexity index is 860. The summed E-state index contributed by atoms with van der Waals surface area (Å²) in [6.07, 6.45) is 2.49. The predicted molar refractivity (Wildman–Crippen MR) is 110 cm³/mol. The number of fused-ring (bicyclic) bond motifs is 1. The third kappa shape index (κ3) is 4.60. The number of nitrogens with two attached hydrogens (primary N) is 1. The highest BCUT2D eigenvalue weighted by Crippen LogP contribution is 2.35. The van der Waals surface area contributed by atoms with Crippen LogP contribution in [0.2, 0.25) is 5.02 Å². The molecule has 0 saturated carbocycles. The van der Waals surface area contributed by atoms with Gasteiger partial charge in [-0.3, -0.25) is 9.59 Å². The summed E-state index contributed by atoms with van der Waals surface area (Å²) in [7, 11) is 2.25. The van der Waals surface area contributed by atoms with E-state index in [1.807, 2.05) is 12.1 Å². The van der Waals surface area contributed by atoms with Crippen LogP contribution in [0.15, 0.2) is 24.3 Å².